The molecule has 0 amide bonds. The van der Waals surface area contributed by atoms with Crippen LogP contribution in [0.5, 0.6) is 0 Å². The van der Waals surface area contributed by atoms with Crippen molar-refractivity contribution in [1.29, 1.82) is 0 Å². The van der Waals surface area contributed by atoms with Crippen LogP contribution < -0.4 is 5.73 Å². The summed E-state index contributed by atoms with van der Waals surface area (Å²) in [6, 6.07) is 0. The molecule has 1 aliphatic rings. The maximum absolute atomic E-state index is 6.21. The van der Waals surface area contributed by atoms with Crippen molar-refractivity contribution in [3.05, 3.63) is 0 Å². The predicted molar refractivity (Wildman–Crippen MR) is 80.7 cm³/mol. The molecule has 0 aromatic carbocycles. The van der Waals surface area contributed by atoms with E-state index in [0.717, 1.165) is 30.8 Å². The largest absolute Gasteiger partial charge is 0.329 e. The van der Waals surface area contributed by atoms with Crippen molar-refractivity contribution in [2.75, 3.05) is 19.6 Å². The zero-order valence-electron chi connectivity index (χ0n) is 13.2. The van der Waals surface area contributed by atoms with Gasteiger partial charge in [0, 0.05) is 18.6 Å². The first-order chi connectivity index (χ1) is 8.45. The molecular weight excluding hydrogens is 220 g/mol. The number of nitrogens with zero attached hydrogens (tertiary/aromatic N) is 1. The highest BCUT2D eigenvalue weighted by Gasteiger charge is 2.40. The summed E-state index contributed by atoms with van der Waals surface area (Å²) in [6.45, 7) is 14.8. The fourth-order valence-electron chi connectivity index (χ4n) is 3.66. The van der Waals surface area contributed by atoms with E-state index in [1.165, 1.54) is 32.2 Å². The molecule has 0 aromatic heterocycles. The summed E-state index contributed by atoms with van der Waals surface area (Å²) in [5.74, 6) is 2.39. The molecule has 0 radical (unpaired) electrons. The topological polar surface area (TPSA) is 29.3 Å². The maximum Gasteiger partial charge on any atom is 0.0334 e. The average Bonchev–Trinajstić information content (AvgIpc) is 2.35. The van der Waals surface area contributed by atoms with Crippen LogP contribution in [0.3, 0.4) is 0 Å². The van der Waals surface area contributed by atoms with E-state index in [0.29, 0.717) is 0 Å². The fraction of sp³-hybridized carbons (Fsp3) is 1.00. The van der Waals surface area contributed by atoms with E-state index in [1.807, 2.05) is 0 Å². The van der Waals surface area contributed by atoms with Gasteiger partial charge in [0.05, 0.1) is 0 Å². The number of nitrogens with two attached hydrogens (primary N) is 1. The van der Waals surface area contributed by atoms with Gasteiger partial charge in [0.25, 0.3) is 0 Å². The van der Waals surface area contributed by atoms with Gasteiger partial charge < -0.3 is 5.73 Å². The number of hydrogen-bond acceptors (Lipinski definition) is 2. The second kappa shape index (κ2) is 6.91. The Balaban J connectivity index is 2.81. The molecular formula is C16H34N2. The summed E-state index contributed by atoms with van der Waals surface area (Å²) < 4.78 is 0. The lowest BCUT2D eigenvalue weighted by atomic mass is 9.70. The molecule has 1 saturated carbocycles. The van der Waals surface area contributed by atoms with Gasteiger partial charge in [-0.3, -0.25) is 4.90 Å². The highest BCUT2D eigenvalue weighted by Crippen LogP contribution is 2.39. The van der Waals surface area contributed by atoms with Gasteiger partial charge in [-0.15, -0.1) is 0 Å². The lowest BCUT2D eigenvalue weighted by Gasteiger charge is -2.49. The number of rotatable bonds is 6. The SMILES string of the molecule is CCN(CC(C)C)C1(CN)CCCC(C(C)C)C1. The van der Waals surface area contributed by atoms with Crippen LogP contribution >= 0.6 is 0 Å². The average molecular weight is 254 g/mol. The first kappa shape index (κ1) is 16.0. The molecule has 1 fully saturated rings. The molecule has 18 heavy (non-hydrogen) atoms. The van der Waals surface area contributed by atoms with Crippen molar-refractivity contribution in [3.8, 4) is 0 Å². The molecule has 2 unspecified atom stereocenters. The minimum absolute atomic E-state index is 0.284. The minimum Gasteiger partial charge on any atom is -0.329 e. The van der Waals surface area contributed by atoms with E-state index in [4.69, 9.17) is 5.73 Å². The zero-order valence-corrected chi connectivity index (χ0v) is 13.2. The summed E-state index contributed by atoms with van der Waals surface area (Å²) in [5, 5.41) is 0. The van der Waals surface area contributed by atoms with E-state index in [1.54, 1.807) is 0 Å². The third-order valence-electron chi connectivity index (χ3n) is 4.82. The number of hydrogen-bond donors (Lipinski definition) is 1. The molecule has 2 heteroatoms. The van der Waals surface area contributed by atoms with Gasteiger partial charge in [0.2, 0.25) is 0 Å². The first-order valence-electron chi connectivity index (χ1n) is 7.90. The van der Waals surface area contributed by atoms with Crippen LogP contribution in [-0.4, -0.2) is 30.1 Å². The first-order valence-corrected chi connectivity index (χ1v) is 7.90. The highest BCUT2D eigenvalue weighted by atomic mass is 15.2. The van der Waals surface area contributed by atoms with Gasteiger partial charge in [-0.1, -0.05) is 47.5 Å². The van der Waals surface area contributed by atoms with Gasteiger partial charge in [-0.05, 0) is 37.1 Å². The van der Waals surface area contributed by atoms with E-state index in [2.05, 4.69) is 39.5 Å². The van der Waals surface area contributed by atoms with Crippen LogP contribution in [0.1, 0.15) is 60.3 Å². The van der Waals surface area contributed by atoms with Crippen LogP contribution in [-0.2, 0) is 0 Å². The molecule has 1 rings (SSSR count). The molecule has 0 heterocycles. The van der Waals surface area contributed by atoms with Gasteiger partial charge in [0.1, 0.15) is 0 Å². The monoisotopic (exact) mass is 254 g/mol. The molecule has 2 atom stereocenters. The smallest absolute Gasteiger partial charge is 0.0334 e. The second-order valence-corrected chi connectivity index (χ2v) is 6.96. The van der Waals surface area contributed by atoms with Crippen molar-refractivity contribution in [1.82, 2.24) is 4.90 Å². The third-order valence-corrected chi connectivity index (χ3v) is 4.82. The molecule has 0 saturated heterocycles. The van der Waals surface area contributed by atoms with Gasteiger partial charge >= 0.3 is 0 Å². The molecule has 0 aliphatic heterocycles. The summed E-state index contributed by atoms with van der Waals surface area (Å²) >= 11 is 0. The molecule has 2 nitrogen and oxygen atoms in total. The second-order valence-electron chi connectivity index (χ2n) is 6.96. The highest BCUT2D eigenvalue weighted by molar-refractivity contribution is 4.97. The van der Waals surface area contributed by atoms with Crippen molar-refractivity contribution in [3.63, 3.8) is 0 Å². The lowest BCUT2D eigenvalue weighted by molar-refractivity contribution is 0.0213. The summed E-state index contributed by atoms with van der Waals surface area (Å²) in [5.41, 5.74) is 6.50. The van der Waals surface area contributed by atoms with Crippen LogP contribution in [0.15, 0.2) is 0 Å². The van der Waals surface area contributed by atoms with Gasteiger partial charge in [0.15, 0.2) is 0 Å². The van der Waals surface area contributed by atoms with Crippen LogP contribution in [0.25, 0.3) is 0 Å². The van der Waals surface area contributed by atoms with Crippen molar-refractivity contribution in [2.24, 2.45) is 23.5 Å². The predicted octanol–water partition coefficient (Wildman–Crippen LogP) is 3.51. The minimum atomic E-state index is 0.284. The quantitative estimate of drug-likeness (QED) is 0.786. The summed E-state index contributed by atoms with van der Waals surface area (Å²) in [7, 11) is 0. The van der Waals surface area contributed by atoms with Gasteiger partial charge in [-0.25, -0.2) is 0 Å². The summed E-state index contributed by atoms with van der Waals surface area (Å²) in [6.07, 6.45) is 5.36. The Kier molecular flexibility index (Phi) is 6.13. The van der Waals surface area contributed by atoms with Crippen molar-refractivity contribution < 1.29 is 0 Å². The Bertz CT molecular complexity index is 237. The van der Waals surface area contributed by atoms with Crippen LogP contribution in [0.4, 0.5) is 0 Å². The Morgan fingerprint density at radius 2 is 1.94 bits per heavy atom. The summed E-state index contributed by atoms with van der Waals surface area (Å²) in [4.78, 5) is 2.67. The number of likely N-dealkylation sites (N-methyl/N-ethyl adjacent to an activating group) is 1. The maximum atomic E-state index is 6.21. The van der Waals surface area contributed by atoms with E-state index < -0.39 is 0 Å². The Labute approximate surface area is 114 Å². The van der Waals surface area contributed by atoms with Crippen LogP contribution in [0, 0.1) is 17.8 Å². The van der Waals surface area contributed by atoms with Crippen LogP contribution in [0.2, 0.25) is 0 Å². The van der Waals surface area contributed by atoms with Gasteiger partial charge in [-0.2, -0.15) is 0 Å². The van der Waals surface area contributed by atoms with E-state index in [-0.39, 0.29) is 5.54 Å². The Hall–Kier alpha value is -0.0800. The van der Waals surface area contributed by atoms with E-state index in [9.17, 15) is 0 Å². The lowest BCUT2D eigenvalue weighted by Crippen LogP contribution is -2.57. The molecule has 0 bridgehead atoms. The van der Waals surface area contributed by atoms with Crippen molar-refractivity contribution in [2.45, 2.75) is 65.8 Å². The third kappa shape index (κ3) is 3.71. The Morgan fingerprint density at radius 1 is 1.28 bits per heavy atom. The Morgan fingerprint density at radius 3 is 2.39 bits per heavy atom. The standard InChI is InChI=1S/C16H34N2/c1-6-18(11-13(2)3)16(12-17)9-7-8-15(10-16)14(4)5/h13-15H,6-12,17H2,1-5H3. The van der Waals surface area contributed by atoms with E-state index >= 15 is 0 Å². The zero-order chi connectivity index (χ0) is 13.8. The molecule has 1 aliphatic carbocycles. The normalized spacial score (nSPS) is 29.5. The molecule has 108 valence electrons. The molecule has 0 aromatic rings. The van der Waals surface area contributed by atoms with Crippen molar-refractivity contribution >= 4 is 0 Å². The molecule has 0 spiro atoms. The molecule has 2 N–H and O–H groups in total. The fourth-order valence-corrected chi connectivity index (χ4v) is 3.66.